The third-order valence-corrected chi connectivity index (χ3v) is 2.84. The molecule has 0 fully saturated rings. The summed E-state index contributed by atoms with van der Waals surface area (Å²) in [5.74, 6) is 1.94. The van der Waals surface area contributed by atoms with Crippen LogP contribution in [0.1, 0.15) is 17.9 Å². The van der Waals surface area contributed by atoms with E-state index in [9.17, 15) is 0 Å². The van der Waals surface area contributed by atoms with Gasteiger partial charge in [-0.1, -0.05) is 6.07 Å². The fourth-order valence-electron chi connectivity index (χ4n) is 1.94. The monoisotopic (exact) mass is 222 g/mol. The van der Waals surface area contributed by atoms with E-state index in [1.807, 2.05) is 18.2 Å². The first kappa shape index (κ1) is 11.2. The summed E-state index contributed by atoms with van der Waals surface area (Å²) in [4.78, 5) is 0. The largest absolute Gasteiger partial charge is 0.486 e. The fraction of sp³-hybridized carbons (Fsp3) is 0.500. The van der Waals surface area contributed by atoms with E-state index in [4.69, 9.17) is 20.9 Å². The Morgan fingerprint density at radius 2 is 1.88 bits per heavy atom. The van der Waals surface area contributed by atoms with Crippen LogP contribution < -0.4 is 20.9 Å². The highest BCUT2D eigenvalue weighted by Gasteiger charge is 2.15. The topological polar surface area (TPSA) is 70.5 Å². The molecule has 0 radical (unpaired) electrons. The van der Waals surface area contributed by atoms with Crippen LogP contribution in [0.5, 0.6) is 11.5 Å². The van der Waals surface area contributed by atoms with Crippen LogP contribution in [0.2, 0.25) is 0 Å². The number of hydrogen-bond donors (Lipinski definition) is 2. The van der Waals surface area contributed by atoms with Crippen LogP contribution in [0.15, 0.2) is 18.2 Å². The molecule has 0 aliphatic carbocycles. The number of fused-ring (bicyclic) bond motifs is 1. The van der Waals surface area contributed by atoms with Gasteiger partial charge < -0.3 is 20.9 Å². The summed E-state index contributed by atoms with van der Waals surface area (Å²) >= 11 is 0. The van der Waals surface area contributed by atoms with Crippen molar-refractivity contribution in [3.05, 3.63) is 23.8 Å². The standard InChI is InChI=1S/C12H18N2O2/c13-4-3-10(8-14)9-1-2-11-12(7-9)16-6-5-15-11/h1-2,7,10H,3-6,8,13-14H2. The van der Waals surface area contributed by atoms with Gasteiger partial charge in [-0.15, -0.1) is 0 Å². The summed E-state index contributed by atoms with van der Waals surface area (Å²) in [5, 5.41) is 0. The van der Waals surface area contributed by atoms with Crippen molar-refractivity contribution in [2.24, 2.45) is 11.5 Å². The molecule has 0 bridgehead atoms. The van der Waals surface area contributed by atoms with E-state index in [2.05, 4.69) is 0 Å². The lowest BCUT2D eigenvalue weighted by atomic mass is 9.95. The first-order valence-electron chi connectivity index (χ1n) is 5.65. The zero-order valence-corrected chi connectivity index (χ0v) is 9.32. The van der Waals surface area contributed by atoms with Crippen LogP contribution in [0.25, 0.3) is 0 Å². The van der Waals surface area contributed by atoms with Crippen LogP contribution in [0.4, 0.5) is 0 Å². The van der Waals surface area contributed by atoms with Gasteiger partial charge in [-0.2, -0.15) is 0 Å². The van der Waals surface area contributed by atoms with Gasteiger partial charge in [0.2, 0.25) is 0 Å². The van der Waals surface area contributed by atoms with Crippen molar-refractivity contribution in [1.29, 1.82) is 0 Å². The minimum atomic E-state index is 0.306. The molecule has 0 saturated carbocycles. The van der Waals surface area contributed by atoms with E-state index < -0.39 is 0 Å². The van der Waals surface area contributed by atoms with Crippen molar-refractivity contribution in [2.75, 3.05) is 26.3 Å². The predicted molar refractivity (Wildman–Crippen MR) is 62.9 cm³/mol. The smallest absolute Gasteiger partial charge is 0.161 e. The number of benzene rings is 1. The molecule has 88 valence electrons. The van der Waals surface area contributed by atoms with E-state index in [0.29, 0.717) is 32.2 Å². The summed E-state index contributed by atoms with van der Waals surface area (Å²) in [5.41, 5.74) is 12.5. The first-order valence-corrected chi connectivity index (χ1v) is 5.65. The zero-order chi connectivity index (χ0) is 11.4. The molecule has 4 heteroatoms. The van der Waals surface area contributed by atoms with Gasteiger partial charge in [-0.25, -0.2) is 0 Å². The highest BCUT2D eigenvalue weighted by atomic mass is 16.6. The van der Waals surface area contributed by atoms with Crippen LogP contribution in [0.3, 0.4) is 0 Å². The predicted octanol–water partition coefficient (Wildman–Crippen LogP) is 0.849. The van der Waals surface area contributed by atoms with Gasteiger partial charge in [0.1, 0.15) is 13.2 Å². The van der Waals surface area contributed by atoms with Gasteiger partial charge in [0.25, 0.3) is 0 Å². The summed E-state index contributed by atoms with van der Waals surface area (Å²) in [6, 6.07) is 6.01. The Morgan fingerprint density at radius 3 is 2.56 bits per heavy atom. The molecule has 16 heavy (non-hydrogen) atoms. The second-order valence-corrected chi connectivity index (χ2v) is 3.91. The Kier molecular flexibility index (Phi) is 3.64. The van der Waals surface area contributed by atoms with Crippen molar-refractivity contribution in [3.8, 4) is 11.5 Å². The van der Waals surface area contributed by atoms with Crippen LogP contribution >= 0.6 is 0 Å². The average molecular weight is 222 g/mol. The molecular weight excluding hydrogens is 204 g/mol. The van der Waals surface area contributed by atoms with Crippen LogP contribution in [0, 0.1) is 0 Å². The highest BCUT2D eigenvalue weighted by Crippen LogP contribution is 2.33. The zero-order valence-electron chi connectivity index (χ0n) is 9.32. The number of rotatable bonds is 4. The Hall–Kier alpha value is -1.26. The lowest BCUT2D eigenvalue weighted by molar-refractivity contribution is 0.171. The molecule has 2 rings (SSSR count). The van der Waals surface area contributed by atoms with Crippen molar-refractivity contribution in [2.45, 2.75) is 12.3 Å². The maximum atomic E-state index is 5.74. The molecule has 1 unspecified atom stereocenters. The molecule has 1 aliphatic heterocycles. The maximum Gasteiger partial charge on any atom is 0.161 e. The lowest BCUT2D eigenvalue weighted by Crippen LogP contribution is -2.18. The van der Waals surface area contributed by atoms with E-state index >= 15 is 0 Å². The molecule has 1 aromatic rings. The third-order valence-electron chi connectivity index (χ3n) is 2.84. The van der Waals surface area contributed by atoms with Crippen molar-refractivity contribution in [1.82, 2.24) is 0 Å². The van der Waals surface area contributed by atoms with E-state index in [1.165, 1.54) is 5.56 Å². The minimum absolute atomic E-state index is 0.306. The Bertz CT molecular complexity index is 355. The van der Waals surface area contributed by atoms with Gasteiger partial charge in [0, 0.05) is 0 Å². The van der Waals surface area contributed by atoms with E-state index in [0.717, 1.165) is 17.9 Å². The normalized spacial score (nSPS) is 15.9. The maximum absolute atomic E-state index is 5.74. The van der Waals surface area contributed by atoms with Crippen molar-refractivity contribution >= 4 is 0 Å². The number of ether oxygens (including phenoxy) is 2. The van der Waals surface area contributed by atoms with Gasteiger partial charge >= 0.3 is 0 Å². The molecule has 1 atom stereocenters. The third kappa shape index (κ3) is 2.28. The Balaban J connectivity index is 2.21. The van der Waals surface area contributed by atoms with Crippen molar-refractivity contribution < 1.29 is 9.47 Å². The average Bonchev–Trinajstić information content (AvgIpc) is 2.35. The van der Waals surface area contributed by atoms with Gasteiger partial charge in [-0.3, -0.25) is 0 Å². The summed E-state index contributed by atoms with van der Waals surface area (Å²) in [7, 11) is 0. The lowest BCUT2D eigenvalue weighted by Gasteiger charge is -2.21. The highest BCUT2D eigenvalue weighted by molar-refractivity contribution is 5.44. The molecule has 1 aliphatic rings. The molecule has 0 amide bonds. The summed E-state index contributed by atoms with van der Waals surface area (Å²) in [6.07, 6.45) is 0.899. The Labute approximate surface area is 95.5 Å². The number of hydrogen-bond acceptors (Lipinski definition) is 4. The Morgan fingerprint density at radius 1 is 1.12 bits per heavy atom. The van der Waals surface area contributed by atoms with Crippen LogP contribution in [-0.2, 0) is 0 Å². The summed E-state index contributed by atoms with van der Waals surface area (Å²) in [6.45, 7) is 2.49. The molecule has 1 aromatic carbocycles. The van der Waals surface area contributed by atoms with E-state index in [-0.39, 0.29) is 0 Å². The molecule has 0 spiro atoms. The molecule has 4 nitrogen and oxygen atoms in total. The quantitative estimate of drug-likeness (QED) is 0.792. The van der Waals surface area contributed by atoms with Gasteiger partial charge in [0.15, 0.2) is 11.5 Å². The second-order valence-electron chi connectivity index (χ2n) is 3.91. The SMILES string of the molecule is NCCC(CN)c1ccc2c(c1)OCCO2. The molecule has 0 aromatic heterocycles. The molecule has 1 heterocycles. The van der Waals surface area contributed by atoms with Gasteiger partial charge in [0.05, 0.1) is 0 Å². The van der Waals surface area contributed by atoms with E-state index in [1.54, 1.807) is 0 Å². The fourth-order valence-corrected chi connectivity index (χ4v) is 1.94. The molecule has 0 saturated heterocycles. The van der Waals surface area contributed by atoms with Crippen LogP contribution in [-0.4, -0.2) is 26.3 Å². The number of nitrogens with two attached hydrogens (primary N) is 2. The second kappa shape index (κ2) is 5.18. The minimum Gasteiger partial charge on any atom is -0.486 e. The molecule has 4 N–H and O–H groups in total. The molecular formula is C12H18N2O2. The summed E-state index contributed by atoms with van der Waals surface area (Å²) < 4.78 is 11.0. The first-order chi connectivity index (χ1) is 7.85. The van der Waals surface area contributed by atoms with Gasteiger partial charge in [-0.05, 0) is 43.1 Å². The van der Waals surface area contributed by atoms with Crippen molar-refractivity contribution in [3.63, 3.8) is 0 Å².